The molecule has 0 aliphatic carbocycles. The van der Waals surface area contributed by atoms with Gasteiger partial charge >= 0.3 is 0 Å². The lowest BCUT2D eigenvalue weighted by Gasteiger charge is -2.18. The van der Waals surface area contributed by atoms with Gasteiger partial charge in [-0.25, -0.2) is 9.97 Å². The van der Waals surface area contributed by atoms with Gasteiger partial charge in [-0.05, 0) is 44.2 Å². The number of ether oxygens (including phenoxy) is 1. The van der Waals surface area contributed by atoms with E-state index in [4.69, 9.17) is 4.74 Å². The number of nitrogens with one attached hydrogen (secondary N) is 2. The van der Waals surface area contributed by atoms with E-state index in [2.05, 4.69) is 21.9 Å². The summed E-state index contributed by atoms with van der Waals surface area (Å²) in [5.41, 5.74) is 4.24. The van der Waals surface area contributed by atoms with Gasteiger partial charge in [0.15, 0.2) is 0 Å². The number of hydrogen-bond acceptors (Lipinski definition) is 4. The number of fused-ring (bicyclic) bond motifs is 1. The van der Waals surface area contributed by atoms with E-state index in [9.17, 15) is 5.11 Å². The van der Waals surface area contributed by atoms with Crippen LogP contribution in [0, 0.1) is 13.8 Å². The first-order chi connectivity index (χ1) is 15.0. The number of aromatic nitrogens is 2. The Kier molecular flexibility index (Phi) is 5.85. The van der Waals surface area contributed by atoms with Crippen LogP contribution in [0.5, 0.6) is 11.5 Å². The normalized spacial score (nSPS) is 11.8. The number of nitrogens with zero attached hydrogens (tertiary/aromatic N) is 1. The maximum Gasteiger partial charge on any atom is 0.273 e. The minimum atomic E-state index is -0.293. The highest BCUT2D eigenvalue weighted by molar-refractivity contribution is 5.86. The number of aryl methyl sites for hydroxylation is 2. The van der Waals surface area contributed by atoms with Gasteiger partial charge in [-0.3, -0.25) is 5.32 Å². The molecule has 2 aromatic carbocycles. The Morgan fingerprint density at radius 3 is 2.58 bits per heavy atom. The lowest BCUT2D eigenvalue weighted by atomic mass is 9.96. The van der Waals surface area contributed by atoms with Gasteiger partial charge in [0.05, 0.1) is 5.69 Å². The third-order valence-electron chi connectivity index (χ3n) is 5.14. The van der Waals surface area contributed by atoms with Crippen molar-refractivity contribution >= 4 is 16.7 Å². The summed E-state index contributed by atoms with van der Waals surface area (Å²) in [6, 6.07) is 21.4. The molecular weight excluding hydrogens is 386 g/mol. The average Bonchev–Trinajstić information content (AvgIpc) is 2.77. The molecule has 31 heavy (non-hydrogen) atoms. The lowest BCUT2D eigenvalue weighted by molar-refractivity contribution is -0.371. The topological polar surface area (TPSA) is 68.5 Å². The molecule has 0 amide bonds. The molecule has 4 rings (SSSR count). The quantitative estimate of drug-likeness (QED) is 0.413. The number of aromatic amines is 1. The van der Waals surface area contributed by atoms with E-state index in [1.54, 1.807) is 6.08 Å². The van der Waals surface area contributed by atoms with Gasteiger partial charge in [0, 0.05) is 28.3 Å². The highest BCUT2D eigenvalue weighted by atomic mass is 16.5. The molecule has 0 saturated heterocycles. The number of anilines is 1. The van der Waals surface area contributed by atoms with Crippen LogP contribution in [-0.4, -0.2) is 16.7 Å². The highest BCUT2D eigenvalue weighted by Gasteiger charge is 2.24. The van der Waals surface area contributed by atoms with E-state index in [0.717, 1.165) is 39.5 Å². The van der Waals surface area contributed by atoms with E-state index in [1.807, 2.05) is 80.6 Å². The molecule has 3 N–H and O–H groups in total. The van der Waals surface area contributed by atoms with Gasteiger partial charge in [-0.2, -0.15) is 0 Å². The van der Waals surface area contributed by atoms with Crippen LogP contribution in [0.2, 0.25) is 0 Å². The Labute approximate surface area is 182 Å². The molecular formula is C26H26N3O2+. The molecule has 2 aromatic heterocycles. The summed E-state index contributed by atoms with van der Waals surface area (Å²) < 4.78 is 5.62. The minimum Gasteiger partial charge on any atom is -0.505 e. The zero-order valence-electron chi connectivity index (χ0n) is 17.7. The number of aromatic hydroxyl groups is 1. The van der Waals surface area contributed by atoms with Gasteiger partial charge in [0.1, 0.15) is 29.7 Å². The number of phenolic OH excluding ortho intramolecular Hbond substituents is 1. The summed E-state index contributed by atoms with van der Waals surface area (Å²) in [7, 11) is 0. The fourth-order valence-electron chi connectivity index (χ4n) is 3.60. The molecule has 0 radical (unpaired) electrons. The summed E-state index contributed by atoms with van der Waals surface area (Å²) in [4.78, 5) is 7.90. The minimum absolute atomic E-state index is 0.179. The van der Waals surface area contributed by atoms with Crippen molar-refractivity contribution in [1.29, 1.82) is 0 Å². The zero-order valence-corrected chi connectivity index (χ0v) is 17.7. The number of pyridine rings is 2. The second-order valence-electron chi connectivity index (χ2n) is 7.52. The lowest BCUT2D eigenvalue weighted by Crippen LogP contribution is -2.20. The van der Waals surface area contributed by atoms with Gasteiger partial charge in [0.2, 0.25) is 0 Å². The van der Waals surface area contributed by atoms with Crippen molar-refractivity contribution in [3.8, 4) is 11.5 Å². The molecule has 0 unspecified atom stereocenters. The maximum atomic E-state index is 11.2. The fourth-order valence-corrected chi connectivity index (χ4v) is 3.60. The summed E-state index contributed by atoms with van der Waals surface area (Å²) in [6.45, 7) is 8.07. The Morgan fingerprint density at radius 1 is 1.06 bits per heavy atom. The molecule has 0 saturated carbocycles. The number of benzene rings is 2. The maximum absolute atomic E-state index is 11.2. The smallest absolute Gasteiger partial charge is 0.273 e. The van der Waals surface area contributed by atoms with Crippen molar-refractivity contribution < 1.29 is 14.8 Å². The van der Waals surface area contributed by atoms with Crippen LogP contribution in [0.3, 0.4) is 0 Å². The third kappa shape index (κ3) is 4.51. The molecule has 0 spiro atoms. The molecule has 5 nitrogen and oxygen atoms in total. The molecule has 156 valence electrons. The van der Waals surface area contributed by atoms with Gasteiger partial charge in [-0.1, -0.05) is 43.0 Å². The largest absolute Gasteiger partial charge is 0.505 e. The van der Waals surface area contributed by atoms with E-state index in [1.165, 1.54) is 0 Å². The fraction of sp³-hybridized carbons (Fsp3) is 0.154. The van der Waals surface area contributed by atoms with Crippen molar-refractivity contribution in [2.45, 2.75) is 19.9 Å². The highest BCUT2D eigenvalue weighted by Crippen LogP contribution is 2.36. The Bertz CT molecular complexity index is 1220. The summed E-state index contributed by atoms with van der Waals surface area (Å²) in [5, 5.41) is 15.6. The Balaban J connectivity index is 1.79. The van der Waals surface area contributed by atoms with E-state index in [0.29, 0.717) is 12.1 Å². The Hall–Kier alpha value is -3.86. The Morgan fingerprint density at radius 2 is 1.84 bits per heavy atom. The second-order valence-corrected chi connectivity index (χ2v) is 7.52. The van der Waals surface area contributed by atoms with Crippen LogP contribution in [0.4, 0.5) is 5.82 Å². The summed E-state index contributed by atoms with van der Waals surface area (Å²) >= 11 is 0. The second kappa shape index (κ2) is 8.88. The van der Waals surface area contributed by atoms with Crippen molar-refractivity contribution in [3.05, 3.63) is 102 Å². The number of H-pyrrole nitrogens is 1. The molecule has 0 bridgehead atoms. The van der Waals surface area contributed by atoms with Gasteiger partial charge in [-0.15, -0.1) is 0 Å². The molecule has 4 aromatic rings. The SMILES string of the molecule is C=CCOc1ccc([C@@H](Nc2cccc(C)[nH+]2)c2ccc3ccc(C)nc3c2O)cc1. The van der Waals surface area contributed by atoms with Crippen LogP contribution in [-0.2, 0) is 0 Å². The van der Waals surface area contributed by atoms with Crippen LogP contribution in [0.1, 0.15) is 28.6 Å². The van der Waals surface area contributed by atoms with Crippen molar-refractivity contribution in [1.82, 2.24) is 4.98 Å². The molecule has 5 heteroatoms. The van der Waals surface area contributed by atoms with Crippen molar-refractivity contribution in [3.63, 3.8) is 0 Å². The monoisotopic (exact) mass is 412 g/mol. The van der Waals surface area contributed by atoms with Crippen molar-refractivity contribution in [2.75, 3.05) is 11.9 Å². The predicted molar refractivity (Wildman–Crippen MR) is 123 cm³/mol. The standard InChI is InChI=1S/C26H25N3O2/c1-4-16-31-21-13-10-19(11-14-21)24(29-23-7-5-6-17(2)27-23)22-15-12-20-9-8-18(3)28-25(20)26(22)30/h4-15,24,30H,1,16H2,2-3H3,(H,27,29)/p+1/t24-/m1/s1. The third-order valence-corrected chi connectivity index (χ3v) is 5.14. The van der Waals surface area contributed by atoms with E-state index in [-0.39, 0.29) is 11.8 Å². The van der Waals surface area contributed by atoms with Crippen LogP contribution < -0.4 is 15.0 Å². The van der Waals surface area contributed by atoms with Gasteiger partial charge in [0.25, 0.3) is 5.82 Å². The van der Waals surface area contributed by atoms with E-state index < -0.39 is 0 Å². The predicted octanol–water partition coefficient (Wildman–Crippen LogP) is 5.14. The molecule has 1 atom stereocenters. The zero-order chi connectivity index (χ0) is 21.8. The van der Waals surface area contributed by atoms with Gasteiger partial charge < -0.3 is 9.84 Å². The van der Waals surface area contributed by atoms with Crippen LogP contribution >= 0.6 is 0 Å². The first kappa shape index (κ1) is 20.4. The first-order valence-electron chi connectivity index (χ1n) is 10.2. The average molecular weight is 413 g/mol. The van der Waals surface area contributed by atoms with Crippen LogP contribution in [0.15, 0.2) is 79.4 Å². The molecule has 0 aliphatic heterocycles. The molecule has 2 heterocycles. The number of hydrogen-bond donors (Lipinski definition) is 2. The number of rotatable bonds is 7. The number of phenols is 1. The molecule has 0 aliphatic rings. The van der Waals surface area contributed by atoms with Crippen molar-refractivity contribution in [2.24, 2.45) is 0 Å². The van der Waals surface area contributed by atoms with E-state index >= 15 is 0 Å². The summed E-state index contributed by atoms with van der Waals surface area (Å²) in [5.74, 6) is 1.80. The molecule has 0 fully saturated rings. The summed E-state index contributed by atoms with van der Waals surface area (Å²) in [6.07, 6.45) is 1.72. The first-order valence-corrected chi connectivity index (χ1v) is 10.2. The van der Waals surface area contributed by atoms with Crippen LogP contribution in [0.25, 0.3) is 10.9 Å².